The van der Waals surface area contributed by atoms with Crippen LogP contribution in [0.1, 0.15) is 57.8 Å². The molecule has 0 unspecified atom stereocenters. The molecule has 2 fully saturated rings. The number of rotatable bonds is 6. The standard InChI is InChI=1S/C21H32N2O2S/c1-14-18(26-19-9-10-22-21(24)20(14)19)8-5-15-3-6-17(7-4-15)23-11-16(12-23)13-25-2/h15-17H,3-13H2,1-2H3,(H,22,24)/t15-,17-. The van der Waals surface area contributed by atoms with Gasteiger partial charge in [0.05, 0.1) is 12.2 Å². The Morgan fingerprint density at radius 1 is 1.19 bits per heavy atom. The minimum Gasteiger partial charge on any atom is -0.384 e. The molecule has 1 aromatic heterocycles. The fourth-order valence-electron chi connectivity index (χ4n) is 5.10. The highest BCUT2D eigenvalue weighted by molar-refractivity contribution is 7.12. The zero-order valence-corrected chi connectivity index (χ0v) is 17.0. The van der Waals surface area contributed by atoms with Gasteiger partial charge in [-0.15, -0.1) is 11.3 Å². The number of carbonyl (C=O) groups is 1. The van der Waals surface area contributed by atoms with Crippen LogP contribution in [-0.4, -0.2) is 50.2 Å². The minimum absolute atomic E-state index is 0.146. The lowest BCUT2D eigenvalue weighted by molar-refractivity contribution is -0.00893. The number of nitrogens with one attached hydrogen (secondary N) is 1. The maximum atomic E-state index is 12.1. The van der Waals surface area contributed by atoms with Crippen LogP contribution in [0.4, 0.5) is 0 Å². The van der Waals surface area contributed by atoms with Gasteiger partial charge in [-0.05, 0) is 63.4 Å². The Balaban J connectivity index is 1.24. The summed E-state index contributed by atoms with van der Waals surface area (Å²) in [6.07, 6.45) is 8.95. The predicted octanol–water partition coefficient (Wildman–Crippen LogP) is 3.41. The lowest BCUT2D eigenvalue weighted by Crippen LogP contribution is -2.54. The summed E-state index contributed by atoms with van der Waals surface area (Å²) in [5.74, 6) is 1.78. The van der Waals surface area contributed by atoms with Gasteiger partial charge in [0, 0.05) is 48.5 Å². The van der Waals surface area contributed by atoms with Crippen molar-refractivity contribution in [3.05, 3.63) is 20.9 Å². The van der Waals surface area contributed by atoms with Gasteiger partial charge in [-0.1, -0.05) is 0 Å². The molecule has 26 heavy (non-hydrogen) atoms. The van der Waals surface area contributed by atoms with Crippen molar-refractivity contribution in [2.45, 2.75) is 57.9 Å². The van der Waals surface area contributed by atoms with E-state index in [2.05, 4.69) is 17.1 Å². The van der Waals surface area contributed by atoms with Crippen LogP contribution in [0, 0.1) is 18.8 Å². The molecule has 3 heterocycles. The molecule has 1 amide bonds. The van der Waals surface area contributed by atoms with Crippen molar-refractivity contribution < 1.29 is 9.53 Å². The van der Waals surface area contributed by atoms with Gasteiger partial charge in [-0.25, -0.2) is 0 Å². The molecule has 5 heteroatoms. The predicted molar refractivity (Wildman–Crippen MR) is 106 cm³/mol. The Hall–Kier alpha value is -0.910. The summed E-state index contributed by atoms with van der Waals surface area (Å²) in [5, 5.41) is 2.99. The van der Waals surface area contributed by atoms with Crippen molar-refractivity contribution in [3.8, 4) is 0 Å². The van der Waals surface area contributed by atoms with E-state index in [0.29, 0.717) is 0 Å². The molecular weight excluding hydrogens is 344 g/mol. The number of hydrogen-bond donors (Lipinski definition) is 1. The zero-order valence-electron chi connectivity index (χ0n) is 16.2. The minimum atomic E-state index is 0.146. The maximum Gasteiger partial charge on any atom is 0.252 e. The highest BCUT2D eigenvalue weighted by Crippen LogP contribution is 2.36. The molecule has 0 atom stereocenters. The quantitative estimate of drug-likeness (QED) is 0.827. The largest absolute Gasteiger partial charge is 0.384 e. The molecule has 144 valence electrons. The maximum absolute atomic E-state index is 12.1. The third kappa shape index (κ3) is 3.71. The monoisotopic (exact) mass is 376 g/mol. The fourth-order valence-corrected chi connectivity index (χ4v) is 6.42. The Labute approximate surface area is 161 Å². The molecule has 1 aliphatic carbocycles. The first-order chi connectivity index (χ1) is 12.7. The van der Waals surface area contributed by atoms with Crippen molar-refractivity contribution >= 4 is 17.2 Å². The summed E-state index contributed by atoms with van der Waals surface area (Å²) in [6.45, 7) is 6.36. The van der Waals surface area contributed by atoms with E-state index < -0.39 is 0 Å². The Morgan fingerprint density at radius 2 is 1.96 bits per heavy atom. The van der Waals surface area contributed by atoms with E-state index in [1.165, 1.54) is 60.5 Å². The molecule has 0 spiro atoms. The Morgan fingerprint density at radius 3 is 2.65 bits per heavy atom. The van der Waals surface area contributed by atoms with Crippen LogP contribution >= 0.6 is 11.3 Å². The summed E-state index contributed by atoms with van der Waals surface area (Å²) in [7, 11) is 1.81. The number of ether oxygens (including phenoxy) is 1. The van der Waals surface area contributed by atoms with E-state index in [1.54, 1.807) is 0 Å². The van der Waals surface area contributed by atoms with Crippen LogP contribution in [0.2, 0.25) is 0 Å². The van der Waals surface area contributed by atoms with Crippen LogP contribution in [0.15, 0.2) is 0 Å². The Bertz CT molecular complexity index is 643. The number of aryl methyl sites for hydroxylation is 1. The van der Waals surface area contributed by atoms with Gasteiger partial charge in [-0.2, -0.15) is 0 Å². The highest BCUT2D eigenvalue weighted by atomic mass is 32.1. The molecular formula is C21H32N2O2S. The van der Waals surface area contributed by atoms with Gasteiger partial charge >= 0.3 is 0 Å². The third-order valence-electron chi connectivity index (χ3n) is 6.68. The number of thiophene rings is 1. The van der Waals surface area contributed by atoms with Gasteiger partial charge < -0.3 is 10.1 Å². The topological polar surface area (TPSA) is 41.6 Å². The number of amides is 1. The van der Waals surface area contributed by atoms with Crippen molar-refractivity contribution in [2.75, 3.05) is 33.4 Å². The van der Waals surface area contributed by atoms with Crippen LogP contribution in [0.5, 0.6) is 0 Å². The summed E-state index contributed by atoms with van der Waals surface area (Å²) in [5.41, 5.74) is 2.24. The number of nitrogens with zero attached hydrogens (tertiary/aromatic N) is 1. The van der Waals surface area contributed by atoms with Crippen molar-refractivity contribution in [3.63, 3.8) is 0 Å². The molecule has 4 rings (SSSR count). The second-order valence-electron chi connectivity index (χ2n) is 8.44. The van der Waals surface area contributed by atoms with Gasteiger partial charge in [0.25, 0.3) is 5.91 Å². The number of methoxy groups -OCH3 is 1. The molecule has 2 aliphatic heterocycles. The van der Waals surface area contributed by atoms with Gasteiger partial charge in [-0.3, -0.25) is 9.69 Å². The third-order valence-corrected chi connectivity index (χ3v) is 8.09. The molecule has 0 radical (unpaired) electrons. The van der Waals surface area contributed by atoms with E-state index in [9.17, 15) is 4.79 Å². The summed E-state index contributed by atoms with van der Waals surface area (Å²) in [6, 6.07) is 0.818. The van der Waals surface area contributed by atoms with E-state index in [-0.39, 0.29) is 5.91 Å². The van der Waals surface area contributed by atoms with Gasteiger partial charge in [0.1, 0.15) is 0 Å². The molecule has 1 N–H and O–H groups in total. The lowest BCUT2D eigenvalue weighted by atomic mass is 9.81. The van der Waals surface area contributed by atoms with Crippen molar-refractivity contribution in [2.24, 2.45) is 11.8 Å². The van der Waals surface area contributed by atoms with E-state index in [4.69, 9.17) is 4.74 Å². The van der Waals surface area contributed by atoms with Gasteiger partial charge in [0.2, 0.25) is 0 Å². The molecule has 1 aromatic rings. The molecule has 3 aliphatic rings. The fraction of sp³-hybridized carbons (Fsp3) is 0.762. The molecule has 0 bridgehead atoms. The molecule has 1 saturated carbocycles. The normalized spacial score (nSPS) is 27.1. The summed E-state index contributed by atoms with van der Waals surface area (Å²) >= 11 is 1.90. The molecule has 0 aromatic carbocycles. The summed E-state index contributed by atoms with van der Waals surface area (Å²) < 4.78 is 5.27. The van der Waals surface area contributed by atoms with Crippen LogP contribution in [0.25, 0.3) is 0 Å². The van der Waals surface area contributed by atoms with Crippen molar-refractivity contribution in [1.82, 2.24) is 10.2 Å². The van der Waals surface area contributed by atoms with E-state index in [0.717, 1.165) is 49.4 Å². The zero-order chi connectivity index (χ0) is 18.1. The average molecular weight is 377 g/mol. The SMILES string of the molecule is COCC1CN([C@H]2CC[C@H](CCc3sc4c(c3C)C(=O)NCC4)CC2)C1. The number of fused-ring (bicyclic) bond motifs is 1. The number of carbonyl (C=O) groups excluding carboxylic acids is 1. The first kappa shape index (κ1) is 18.5. The summed E-state index contributed by atoms with van der Waals surface area (Å²) in [4.78, 5) is 17.6. The van der Waals surface area contributed by atoms with Crippen LogP contribution < -0.4 is 5.32 Å². The molecule has 1 saturated heterocycles. The van der Waals surface area contributed by atoms with Crippen molar-refractivity contribution in [1.29, 1.82) is 0 Å². The highest BCUT2D eigenvalue weighted by Gasteiger charge is 2.34. The Kier molecular flexibility index (Phi) is 5.67. The number of likely N-dealkylation sites (tertiary alicyclic amines) is 1. The first-order valence-corrected chi connectivity index (χ1v) is 11.1. The van der Waals surface area contributed by atoms with Gasteiger partial charge in [0.15, 0.2) is 0 Å². The number of hydrogen-bond acceptors (Lipinski definition) is 4. The average Bonchev–Trinajstić information content (AvgIpc) is 2.94. The van der Waals surface area contributed by atoms with Crippen LogP contribution in [-0.2, 0) is 17.6 Å². The second-order valence-corrected chi connectivity index (χ2v) is 9.63. The van der Waals surface area contributed by atoms with E-state index >= 15 is 0 Å². The lowest BCUT2D eigenvalue weighted by Gasteiger charge is -2.46. The van der Waals surface area contributed by atoms with Crippen LogP contribution in [0.3, 0.4) is 0 Å². The van der Waals surface area contributed by atoms with E-state index in [1.807, 2.05) is 18.4 Å². The first-order valence-electron chi connectivity index (χ1n) is 10.3. The molecule has 4 nitrogen and oxygen atoms in total. The second kappa shape index (κ2) is 7.99. The smallest absolute Gasteiger partial charge is 0.252 e.